The predicted octanol–water partition coefficient (Wildman–Crippen LogP) is 2.79. The minimum absolute atomic E-state index is 0.0104. The molecule has 0 unspecified atom stereocenters. The molecule has 26 heavy (non-hydrogen) atoms. The van der Waals surface area contributed by atoms with Gasteiger partial charge in [0.15, 0.2) is 0 Å². The molecule has 0 radical (unpaired) electrons. The molecule has 1 fully saturated rings. The third-order valence-electron chi connectivity index (χ3n) is 4.22. The van der Waals surface area contributed by atoms with Crippen molar-refractivity contribution >= 4 is 17.6 Å². The highest BCUT2D eigenvalue weighted by Crippen LogP contribution is 2.13. The maximum atomic E-state index is 12.4. The maximum Gasteiger partial charge on any atom is 0.319 e. The van der Waals surface area contributed by atoms with E-state index in [-0.39, 0.29) is 11.9 Å². The Bertz CT molecular complexity index is 768. The fraction of sp³-hybridized carbons (Fsp3) is 0.300. The topological polar surface area (TPSA) is 70.7 Å². The van der Waals surface area contributed by atoms with Crippen LogP contribution >= 0.6 is 0 Å². The largest absolute Gasteiger partial charge is 0.378 e. The van der Waals surface area contributed by atoms with E-state index in [9.17, 15) is 9.59 Å². The first-order valence-electron chi connectivity index (χ1n) is 8.69. The molecule has 0 saturated carbocycles. The van der Waals surface area contributed by atoms with E-state index < -0.39 is 0 Å². The smallest absolute Gasteiger partial charge is 0.319 e. The molecule has 6 heteroatoms. The summed E-state index contributed by atoms with van der Waals surface area (Å²) in [5.74, 6) is -0.0104. The number of benzene rings is 2. The number of nitrogens with one attached hydrogen (secondary N) is 2. The first-order valence-corrected chi connectivity index (χ1v) is 8.69. The minimum Gasteiger partial charge on any atom is -0.378 e. The van der Waals surface area contributed by atoms with Gasteiger partial charge in [0.25, 0.3) is 5.91 Å². The van der Waals surface area contributed by atoms with Crippen LogP contribution in [0, 0.1) is 6.92 Å². The molecule has 0 bridgehead atoms. The van der Waals surface area contributed by atoms with Gasteiger partial charge in [-0.3, -0.25) is 4.79 Å². The van der Waals surface area contributed by atoms with Crippen molar-refractivity contribution in [2.24, 2.45) is 0 Å². The monoisotopic (exact) mass is 353 g/mol. The van der Waals surface area contributed by atoms with Gasteiger partial charge >= 0.3 is 6.03 Å². The molecule has 0 aliphatic carbocycles. The second-order valence-electron chi connectivity index (χ2n) is 6.28. The van der Waals surface area contributed by atoms with Crippen molar-refractivity contribution in [2.75, 3.05) is 31.6 Å². The number of amides is 3. The van der Waals surface area contributed by atoms with Gasteiger partial charge in [-0.1, -0.05) is 29.8 Å². The molecular weight excluding hydrogens is 330 g/mol. The molecule has 0 spiro atoms. The van der Waals surface area contributed by atoms with Crippen molar-refractivity contribution < 1.29 is 14.3 Å². The third kappa shape index (κ3) is 4.83. The molecule has 2 aromatic carbocycles. The first kappa shape index (κ1) is 17.9. The van der Waals surface area contributed by atoms with Crippen LogP contribution in [0.25, 0.3) is 0 Å². The molecule has 1 aliphatic rings. The number of urea groups is 1. The summed E-state index contributed by atoms with van der Waals surface area (Å²) in [5, 5.41) is 5.60. The highest BCUT2D eigenvalue weighted by atomic mass is 16.5. The van der Waals surface area contributed by atoms with Crippen LogP contribution in [0.5, 0.6) is 0 Å². The number of aryl methyl sites for hydroxylation is 1. The van der Waals surface area contributed by atoms with Crippen LogP contribution in [0.3, 0.4) is 0 Å². The third-order valence-corrected chi connectivity index (χ3v) is 4.22. The maximum absolute atomic E-state index is 12.4. The number of hydrogen-bond donors (Lipinski definition) is 2. The lowest BCUT2D eigenvalue weighted by molar-refractivity contribution is 0.0303. The molecule has 2 N–H and O–H groups in total. The lowest BCUT2D eigenvalue weighted by Crippen LogP contribution is -2.40. The van der Waals surface area contributed by atoms with Gasteiger partial charge < -0.3 is 20.3 Å². The summed E-state index contributed by atoms with van der Waals surface area (Å²) in [6.45, 7) is 4.85. The van der Waals surface area contributed by atoms with Gasteiger partial charge in [-0.15, -0.1) is 0 Å². The Morgan fingerprint density at radius 2 is 1.81 bits per heavy atom. The number of nitrogens with zero attached hydrogens (tertiary/aromatic N) is 1. The molecule has 1 saturated heterocycles. The molecule has 6 nitrogen and oxygen atoms in total. The van der Waals surface area contributed by atoms with Crippen LogP contribution in [0.4, 0.5) is 10.5 Å². The highest BCUT2D eigenvalue weighted by molar-refractivity contribution is 5.95. The molecule has 2 aromatic rings. The summed E-state index contributed by atoms with van der Waals surface area (Å²) < 4.78 is 5.26. The quantitative estimate of drug-likeness (QED) is 0.888. The zero-order valence-corrected chi connectivity index (χ0v) is 14.8. The van der Waals surface area contributed by atoms with E-state index in [0.717, 1.165) is 11.1 Å². The molecule has 3 amide bonds. The molecule has 1 heterocycles. The average Bonchev–Trinajstić information content (AvgIpc) is 2.67. The van der Waals surface area contributed by atoms with E-state index >= 15 is 0 Å². The first-order chi connectivity index (χ1) is 12.6. The Balaban J connectivity index is 1.51. The number of carbonyl (C=O) groups is 2. The standard InChI is InChI=1S/C20H23N3O3/c1-15-3-2-4-16(13-15)14-21-20(25)22-18-7-5-17(6-8-18)19(24)23-9-11-26-12-10-23/h2-8,13H,9-12,14H2,1H3,(H2,21,22,25). The SMILES string of the molecule is Cc1cccc(CNC(=O)Nc2ccc(C(=O)N3CCOCC3)cc2)c1. The minimum atomic E-state index is -0.279. The van der Waals surface area contributed by atoms with Crippen LogP contribution in [-0.2, 0) is 11.3 Å². The van der Waals surface area contributed by atoms with Crippen molar-refractivity contribution in [3.8, 4) is 0 Å². The fourth-order valence-electron chi connectivity index (χ4n) is 2.82. The fourth-order valence-corrected chi connectivity index (χ4v) is 2.82. The Morgan fingerprint density at radius 3 is 2.50 bits per heavy atom. The van der Waals surface area contributed by atoms with E-state index in [0.29, 0.717) is 44.1 Å². The number of ether oxygens (including phenoxy) is 1. The van der Waals surface area contributed by atoms with Gasteiger partial charge in [0.05, 0.1) is 13.2 Å². The summed E-state index contributed by atoms with van der Waals surface area (Å²) in [5.41, 5.74) is 3.46. The lowest BCUT2D eigenvalue weighted by Gasteiger charge is -2.26. The van der Waals surface area contributed by atoms with Crippen molar-refractivity contribution in [3.63, 3.8) is 0 Å². The van der Waals surface area contributed by atoms with Crippen LogP contribution in [-0.4, -0.2) is 43.1 Å². The molecule has 0 aromatic heterocycles. The second-order valence-corrected chi connectivity index (χ2v) is 6.28. The van der Waals surface area contributed by atoms with E-state index in [2.05, 4.69) is 10.6 Å². The Kier molecular flexibility index (Phi) is 5.86. The summed E-state index contributed by atoms with van der Waals surface area (Å²) >= 11 is 0. The van der Waals surface area contributed by atoms with E-state index in [1.54, 1.807) is 29.2 Å². The summed E-state index contributed by atoms with van der Waals surface area (Å²) in [7, 11) is 0. The van der Waals surface area contributed by atoms with Crippen LogP contribution in [0.2, 0.25) is 0 Å². The summed E-state index contributed by atoms with van der Waals surface area (Å²) in [4.78, 5) is 26.2. The number of carbonyl (C=O) groups excluding carboxylic acids is 2. The van der Waals surface area contributed by atoms with Crippen LogP contribution < -0.4 is 10.6 Å². The van der Waals surface area contributed by atoms with Crippen molar-refractivity contribution in [1.82, 2.24) is 10.2 Å². The molecule has 1 aliphatic heterocycles. The van der Waals surface area contributed by atoms with Gasteiger partial charge in [-0.25, -0.2) is 4.79 Å². The molecular formula is C20H23N3O3. The normalized spacial score (nSPS) is 14.0. The van der Waals surface area contributed by atoms with Crippen LogP contribution in [0.15, 0.2) is 48.5 Å². The van der Waals surface area contributed by atoms with Gasteiger partial charge in [-0.05, 0) is 36.8 Å². The van der Waals surface area contributed by atoms with Gasteiger partial charge in [-0.2, -0.15) is 0 Å². The lowest BCUT2D eigenvalue weighted by atomic mass is 10.1. The highest BCUT2D eigenvalue weighted by Gasteiger charge is 2.18. The average molecular weight is 353 g/mol. The Labute approximate surface area is 153 Å². The Hall–Kier alpha value is -2.86. The number of anilines is 1. The Morgan fingerprint density at radius 1 is 1.08 bits per heavy atom. The summed E-state index contributed by atoms with van der Waals surface area (Å²) in [6, 6.07) is 14.6. The number of morpholine rings is 1. The van der Waals surface area contributed by atoms with Crippen molar-refractivity contribution in [3.05, 3.63) is 65.2 Å². The van der Waals surface area contributed by atoms with Crippen molar-refractivity contribution in [1.29, 1.82) is 0 Å². The van der Waals surface area contributed by atoms with Gasteiger partial charge in [0.2, 0.25) is 0 Å². The van der Waals surface area contributed by atoms with Gasteiger partial charge in [0, 0.05) is 30.9 Å². The van der Waals surface area contributed by atoms with Crippen LogP contribution in [0.1, 0.15) is 21.5 Å². The molecule has 136 valence electrons. The zero-order chi connectivity index (χ0) is 18.4. The number of hydrogen-bond acceptors (Lipinski definition) is 3. The van der Waals surface area contributed by atoms with E-state index in [4.69, 9.17) is 4.74 Å². The van der Waals surface area contributed by atoms with E-state index in [1.807, 2.05) is 31.2 Å². The summed E-state index contributed by atoms with van der Waals surface area (Å²) in [6.07, 6.45) is 0. The predicted molar refractivity (Wildman–Crippen MR) is 100 cm³/mol. The second kappa shape index (κ2) is 8.49. The zero-order valence-electron chi connectivity index (χ0n) is 14.8. The molecule has 3 rings (SSSR count). The van der Waals surface area contributed by atoms with E-state index in [1.165, 1.54) is 0 Å². The molecule has 0 atom stereocenters. The number of rotatable bonds is 4. The van der Waals surface area contributed by atoms with Crippen molar-refractivity contribution in [2.45, 2.75) is 13.5 Å². The van der Waals surface area contributed by atoms with Gasteiger partial charge in [0.1, 0.15) is 0 Å².